The van der Waals surface area contributed by atoms with Crippen molar-refractivity contribution >= 4 is 24.8 Å². The van der Waals surface area contributed by atoms with Crippen molar-refractivity contribution < 1.29 is 0 Å². The molecular formula is C13H19NS2. The van der Waals surface area contributed by atoms with Crippen LogP contribution < -0.4 is 0 Å². The van der Waals surface area contributed by atoms with Gasteiger partial charge in [0, 0.05) is 10.9 Å². The summed E-state index contributed by atoms with van der Waals surface area (Å²) in [5.41, 5.74) is 3.58. The van der Waals surface area contributed by atoms with Gasteiger partial charge in [0.2, 0.25) is 0 Å². The average molecular weight is 253 g/mol. The molecule has 0 N–H and O–H groups in total. The quantitative estimate of drug-likeness (QED) is 0.725. The molecule has 3 heteroatoms. The smallest absolute Gasteiger partial charge is 0.0901 e. The van der Waals surface area contributed by atoms with Crippen molar-refractivity contribution in [1.29, 1.82) is 0 Å². The van der Waals surface area contributed by atoms with Crippen molar-refractivity contribution in [3.05, 3.63) is 40.2 Å². The zero-order valence-corrected chi connectivity index (χ0v) is 12.1. The molecule has 0 amide bonds. The molecule has 0 aliphatic carbocycles. The molecule has 0 unspecified atom stereocenters. The van der Waals surface area contributed by atoms with Crippen molar-refractivity contribution in [2.45, 2.75) is 27.7 Å². The lowest BCUT2D eigenvalue weighted by Gasteiger charge is -1.97. The molecule has 1 heterocycles. The highest BCUT2D eigenvalue weighted by molar-refractivity contribution is 7.59. The molecule has 1 aromatic carbocycles. The zero-order valence-electron chi connectivity index (χ0n) is 10.2. The van der Waals surface area contributed by atoms with Gasteiger partial charge in [0.05, 0.1) is 10.7 Å². The van der Waals surface area contributed by atoms with Gasteiger partial charge in [-0.1, -0.05) is 37.6 Å². The Hall–Kier alpha value is -0.800. The van der Waals surface area contributed by atoms with E-state index in [-0.39, 0.29) is 13.5 Å². The first-order valence-corrected chi connectivity index (χ1v) is 6.13. The summed E-state index contributed by atoms with van der Waals surface area (Å²) < 4.78 is 0. The van der Waals surface area contributed by atoms with Gasteiger partial charge in [-0.15, -0.1) is 11.3 Å². The van der Waals surface area contributed by atoms with E-state index in [2.05, 4.69) is 41.6 Å². The zero-order chi connectivity index (χ0) is 11.3. The summed E-state index contributed by atoms with van der Waals surface area (Å²) in [6.45, 7) is 8.13. The number of benzene rings is 1. The van der Waals surface area contributed by atoms with Crippen LogP contribution in [0.2, 0.25) is 0 Å². The number of rotatable bonds is 1. The van der Waals surface area contributed by atoms with E-state index in [1.807, 2.05) is 20.8 Å². The fourth-order valence-electron chi connectivity index (χ4n) is 1.30. The van der Waals surface area contributed by atoms with Crippen LogP contribution in [0.5, 0.6) is 0 Å². The first-order valence-electron chi connectivity index (χ1n) is 5.25. The SMILES string of the molecule is CC.Cc1cccc(-c2csc(C)n2)c1.S. The predicted molar refractivity (Wildman–Crippen MR) is 78.8 cm³/mol. The lowest BCUT2D eigenvalue weighted by Crippen LogP contribution is -1.79. The lowest BCUT2D eigenvalue weighted by atomic mass is 10.1. The second kappa shape index (κ2) is 7.47. The molecule has 0 aliphatic rings. The summed E-state index contributed by atoms with van der Waals surface area (Å²) in [6, 6.07) is 8.43. The summed E-state index contributed by atoms with van der Waals surface area (Å²) >= 11 is 1.69. The number of nitrogens with zero attached hydrogens (tertiary/aromatic N) is 1. The molecule has 0 saturated heterocycles. The Morgan fingerprint density at radius 3 is 2.31 bits per heavy atom. The molecule has 1 aromatic heterocycles. The van der Waals surface area contributed by atoms with E-state index in [1.54, 1.807) is 11.3 Å². The number of aromatic nitrogens is 1. The lowest BCUT2D eigenvalue weighted by molar-refractivity contribution is 1.29. The Kier molecular flexibility index (Phi) is 7.10. The number of thiazole rings is 1. The highest BCUT2D eigenvalue weighted by Gasteiger charge is 2.00. The van der Waals surface area contributed by atoms with E-state index in [0.29, 0.717) is 0 Å². The number of hydrogen-bond acceptors (Lipinski definition) is 2. The molecule has 0 saturated carbocycles. The minimum atomic E-state index is 0. The highest BCUT2D eigenvalue weighted by Crippen LogP contribution is 2.21. The van der Waals surface area contributed by atoms with Gasteiger partial charge in [0.15, 0.2) is 0 Å². The fraction of sp³-hybridized carbons (Fsp3) is 0.308. The minimum absolute atomic E-state index is 0. The minimum Gasteiger partial charge on any atom is -0.242 e. The summed E-state index contributed by atoms with van der Waals surface area (Å²) in [5.74, 6) is 0. The van der Waals surface area contributed by atoms with Crippen LogP contribution in [0.25, 0.3) is 11.3 Å². The third-order valence-corrected chi connectivity index (χ3v) is 2.71. The molecule has 0 radical (unpaired) electrons. The van der Waals surface area contributed by atoms with Crippen molar-refractivity contribution in [1.82, 2.24) is 4.98 Å². The molecule has 0 atom stereocenters. The number of aryl methyl sites for hydroxylation is 2. The first-order chi connectivity index (χ1) is 7.25. The van der Waals surface area contributed by atoms with Gasteiger partial charge in [-0.3, -0.25) is 0 Å². The molecule has 88 valence electrons. The van der Waals surface area contributed by atoms with E-state index in [0.717, 1.165) is 10.7 Å². The molecule has 0 bridgehead atoms. The predicted octanol–water partition coefficient (Wildman–Crippen LogP) is 4.57. The molecule has 1 nitrogen and oxygen atoms in total. The summed E-state index contributed by atoms with van der Waals surface area (Å²) in [4.78, 5) is 4.44. The van der Waals surface area contributed by atoms with Gasteiger partial charge in [-0.05, 0) is 19.9 Å². The maximum Gasteiger partial charge on any atom is 0.0901 e. The van der Waals surface area contributed by atoms with Gasteiger partial charge in [-0.25, -0.2) is 4.98 Å². The second-order valence-electron chi connectivity index (χ2n) is 3.12. The molecule has 0 aliphatic heterocycles. The van der Waals surface area contributed by atoms with Crippen LogP contribution in [0, 0.1) is 13.8 Å². The van der Waals surface area contributed by atoms with Crippen LogP contribution in [-0.4, -0.2) is 4.98 Å². The van der Waals surface area contributed by atoms with E-state index < -0.39 is 0 Å². The Bertz CT molecular complexity index is 421. The Labute approximate surface area is 109 Å². The normalized spacial score (nSPS) is 8.75. The molecular weight excluding hydrogens is 234 g/mol. The van der Waals surface area contributed by atoms with E-state index >= 15 is 0 Å². The Balaban J connectivity index is 0.000000711. The highest BCUT2D eigenvalue weighted by atomic mass is 32.1. The summed E-state index contributed by atoms with van der Waals surface area (Å²) in [5, 5.41) is 3.22. The van der Waals surface area contributed by atoms with E-state index in [9.17, 15) is 0 Å². The number of hydrogen-bond donors (Lipinski definition) is 0. The topological polar surface area (TPSA) is 12.9 Å². The molecule has 16 heavy (non-hydrogen) atoms. The third-order valence-electron chi connectivity index (χ3n) is 1.93. The largest absolute Gasteiger partial charge is 0.242 e. The molecule has 0 fully saturated rings. The third kappa shape index (κ3) is 3.99. The van der Waals surface area contributed by atoms with Crippen molar-refractivity contribution in [3.8, 4) is 11.3 Å². The fourth-order valence-corrected chi connectivity index (χ4v) is 1.92. The maximum absolute atomic E-state index is 4.44. The molecule has 0 spiro atoms. The van der Waals surface area contributed by atoms with E-state index in [1.165, 1.54) is 11.1 Å². The van der Waals surface area contributed by atoms with Gasteiger partial charge >= 0.3 is 0 Å². The van der Waals surface area contributed by atoms with Crippen LogP contribution in [0.1, 0.15) is 24.4 Å². The van der Waals surface area contributed by atoms with Crippen molar-refractivity contribution in [2.75, 3.05) is 0 Å². The van der Waals surface area contributed by atoms with E-state index in [4.69, 9.17) is 0 Å². The summed E-state index contributed by atoms with van der Waals surface area (Å²) in [7, 11) is 0. The summed E-state index contributed by atoms with van der Waals surface area (Å²) in [6.07, 6.45) is 0. The Morgan fingerprint density at radius 2 is 1.81 bits per heavy atom. The van der Waals surface area contributed by atoms with Crippen LogP contribution in [0.15, 0.2) is 29.6 Å². The molecule has 2 aromatic rings. The van der Waals surface area contributed by atoms with Gasteiger partial charge in [-0.2, -0.15) is 13.5 Å². The van der Waals surface area contributed by atoms with Crippen LogP contribution in [0.4, 0.5) is 0 Å². The van der Waals surface area contributed by atoms with Crippen LogP contribution in [0.3, 0.4) is 0 Å². The maximum atomic E-state index is 4.44. The Morgan fingerprint density at radius 1 is 1.12 bits per heavy atom. The van der Waals surface area contributed by atoms with Gasteiger partial charge in [0.1, 0.15) is 0 Å². The van der Waals surface area contributed by atoms with Gasteiger partial charge in [0.25, 0.3) is 0 Å². The molecule has 2 rings (SSSR count). The first kappa shape index (κ1) is 15.2. The van der Waals surface area contributed by atoms with Crippen LogP contribution in [-0.2, 0) is 0 Å². The van der Waals surface area contributed by atoms with Crippen molar-refractivity contribution in [2.24, 2.45) is 0 Å². The second-order valence-corrected chi connectivity index (χ2v) is 4.18. The van der Waals surface area contributed by atoms with Crippen LogP contribution >= 0.6 is 24.8 Å². The van der Waals surface area contributed by atoms with Gasteiger partial charge < -0.3 is 0 Å². The van der Waals surface area contributed by atoms with Crippen molar-refractivity contribution in [3.63, 3.8) is 0 Å². The standard InChI is InChI=1S/C11H11NS.C2H6.H2S/c1-8-4-3-5-10(6-8)11-7-13-9(2)12-11;1-2;/h3-7H,1-2H3;1-2H3;1H2. The average Bonchev–Trinajstić information content (AvgIpc) is 2.68. The monoisotopic (exact) mass is 253 g/mol.